The van der Waals surface area contributed by atoms with Crippen LogP contribution in [0.15, 0.2) is 60.9 Å². The molecule has 2 aromatic carbocycles. The monoisotopic (exact) mass is 455 g/mol. The number of aryl methyl sites for hydroxylation is 2. The number of carbonyl (C=O) groups is 1. The van der Waals surface area contributed by atoms with Gasteiger partial charge in [0.25, 0.3) is 5.91 Å². The molecule has 1 unspecified atom stereocenters. The zero-order valence-corrected chi connectivity index (χ0v) is 19.2. The summed E-state index contributed by atoms with van der Waals surface area (Å²) in [6.45, 7) is 3.85. The van der Waals surface area contributed by atoms with Gasteiger partial charge in [0.2, 0.25) is 0 Å². The highest BCUT2D eigenvalue weighted by molar-refractivity contribution is 5.90. The number of nitrogens with one attached hydrogen (secondary N) is 3. The molecule has 1 aliphatic rings. The first-order chi connectivity index (χ1) is 16.6. The molecule has 7 heteroatoms. The van der Waals surface area contributed by atoms with Crippen molar-refractivity contribution in [1.82, 2.24) is 25.6 Å². The first kappa shape index (κ1) is 22.1. The Bertz CT molecular complexity index is 1340. The summed E-state index contributed by atoms with van der Waals surface area (Å²) in [7, 11) is 0. The lowest BCUT2D eigenvalue weighted by molar-refractivity contribution is -0.124. The molecule has 0 aliphatic heterocycles. The molecule has 0 bridgehead atoms. The van der Waals surface area contributed by atoms with Gasteiger partial charge >= 0.3 is 0 Å². The average Bonchev–Trinajstić information content (AvgIpc) is 3.58. The van der Waals surface area contributed by atoms with Crippen LogP contribution >= 0.6 is 0 Å². The zero-order chi connectivity index (χ0) is 23.5. The minimum absolute atomic E-state index is 0.327. The van der Waals surface area contributed by atoms with Crippen molar-refractivity contribution in [1.29, 1.82) is 0 Å². The van der Waals surface area contributed by atoms with Crippen LogP contribution in [-0.4, -0.2) is 37.7 Å². The van der Waals surface area contributed by atoms with E-state index in [1.54, 1.807) is 11.6 Å². The van der Waals surface area contributed by atoms with Crippen LogP contribution < -0.4 is 5.48 Å². The van der Waals surface area contributed by atoms with E-state index in [2.05, 4.69) is 69.6 Å². The highest BCUT2D eigenvalue weighted by Gasteiger charge is 2.28. The van der Waals surface area contributed by atoms with Crippen LogP contribution in [0.3, 0.4) is 0 Å². The van der Waals surface area contributed by atoms with Crippen LogP contribution in [0.5, 0.6) is 0 Å². The zero-order valence-electron chi connectivity index (χ0n) is 19.2. The van der Waals surface area contributed by atoms with Gasteiger partial charge in [-0.15, -0.1) is 0 Å². The summed E-state index contributed by atoms with van der Waals surface area (Å²) in [5.74, 6) is -0.530. The second-order valence-electron chi connectivity index (χ2n) is 8.92. The number of H-pyrrole nitrogens is 2. The molecule has 4 aromatic rings. The fraction of sp³-hybridized carbons (Fsp3) is 0.259. The molecule has 7 nitrogen and oxygen atoms in total. The maximum absolute atomic E-state index is 11.3. The summed E-state index contributed by atoms with van der Waals surface area (Å²) >= 11 is 0. The van der Waals surface area contributed by atoms with Crippen molar-refractivity contribution < 1.29 is 10.0 Å². The van der Waals surface area contributed by atoms with Gasteiger partial charge < -0.3 is 4.98 Å². The van der Waals surface area contributed by atoms with Gasteiger partial charge in [-0.3, -0.25) is 20.0 Å². The molecular weight excluding hydrogens is 426 g/mol. The molecule has 2 aromatic heterocycles. The van der Waals surface area contributed by atoms with Gasteiger partial charge in [0, 0.05) is 53.6 Å². The first-order valence-corrected chi connectivity index (χ1v) is 11.6. The van der Waals surface area contributed by atoms with E-state index in [0.29, 0.717) is 6.04 Å². The summed E-state index contributed by atoms with van der Waals surface area (Å²) in [4.78, 5) is 17.3. The number of fused-ring (bicyclic) bond motifs is 2. The van der Waals surface area contributed by atoms with Gasteiger partial charge in [0.15, 0.2) is 0 Å². The molecule has 2 heterocycles. The summed E-state index contributed by atoms with van der Waals surface area (Å²) in [5, 5.41) is 17.3. The molecule has 5 rings (SSSR count). The smallest absolute Gasteiger partial charge is 0.267 e. The van der Waals surface area contributed by atoms with Gasteiger partial charge in [0.05, 0.1) is 6.20 Å². The van der Waals surface area contributed by atoms with Crippen LogP contribution in [-0.2, 0) is 24.2 Å². The standard InChI is InChI=1S/C27H29N5O2/c1-18-22(16-29-30-18)17-32(13-12-21-15-28-25-5-3-2-4-23(21)25)26-10-8-20-14-19(6-9-24(20)26)7-11-27(33)31-34/h2-7,9,11,14-16,26,28,34H,8,10,12-13,17H2,1H3,(H,29,30)(H,31,33)/b11-7+. The number of aromatic amines is 2. The topological polar surface area (TPSA) is 97.0 Å². The number of hydrogen-bond acceptors (Lipinski definition) is 4. The number of benzene rings is 2. The Morgan fingerprint density at radius 1 is 1.26 bits per heavy atom. The molecule has 0 saturated heterocycles. The molecule has 0 spiro atoms. The van der Waals surface area contributed by atoms with E-state index >= 15 is 0 Å². The second-order valence-corrected chi connectivity index (χ2v) is 8.92. The molecular formula is C27H29N5O2. The van der Waals surface area contributed by atoms with E-state index < -0.39 is 5.91 Å². The van der Waals surface area contributed by atoms with Gasteiger partial charge in [0.1, 0.15) is 0 Å². The molecule has 1 amide bonds. The number of amides is 1. The highest BCUT2D eigenvalue weighted by atomic mass is 16.5. The average molecular weight is 456 g/mol. The Labute approximate surface area is 198 Å². The van der Waals surface area contributed by atoms with E-state index in [9.17, 15) is 4.79 Å². The van der Waals surface area contributed by atoms with Crippen LogP contribution in [0.1, 0.15) is 46.0 Å². The van der Waals surface area contributed by atoms with Crippen molar-refractivity contribution >= 4 is 22.9 Å². The Balaban J connectivity index is 1.39. The summed E-state index contributed by atoms with van der Waals surface area (Å²) < 4.78 is 0. The molecule has 34 heavy (non-hydrogen) atoms. The van der Waals surface area contributed by atoms with Gasteiger partial charge in [-0.1, -0.05) is 36.4 Å². The maximum Gasteiger partial charge on any atom is 0.267 e. The van der Waals surface area contributed by atoms with Crippen molar-refractivity contribution in [3.05, 3.63) is 94.4 Å². The molecule has 1 atom stereocenters. The minimum atomic E-state index is -0.530. The van der Waals surface area contributed by atoms with Crippen molar-refractivity contribution in [2.45, 2.75) is 38.8 Å². The lowest BCUT2D eigenvalue weighted by Crippen LogP contribution is -2.29. The fourth-order valence-electron chi connectivity index (χ4n) is 5.01. The Morgan fingerprint density at radius 2 is 2.15 bits per heavy atom. The van der Waals surface area contributed by atoms with Crippen molar-refractivity contribution in [3.63, 3.8) is 0 Å². The third kappa shape index (κ3) is 4.53. The van der Waals surface area contributed by atoms with Crippen molar-refractivity contribution in [2.24, 2.45) is 0 Å². The van der Waals surface area contributed by atoms with Crippen molar-refractivity contribution in [3.8, 4) is 0 Å². The fourth-order valence-corrected chi connectivity index (χ4v) is 5.01. The largest absolute Gasteiger partial charge is 0.361 e. The summed E-state index contributed by atoms with van der Waals surface area (Å²) in [6.07, 6.45) is 10.2. The highest BCUT2D eigenvalue weighted by Crippen LogP contribution is 2.37. The Kier molecular flexibility index (Phi) is 6.29. The number of nitrogens with zero attached hydrogens (tertiary/aromatic N) is 2. The van der Waals surface area contributed by atoms with E-state index in [-0.39, 0.29) is 0 Å². The van der Waals surface area contributed by atoms with Gasteiger partial charge in [-0.2, -0.15) is 5.10 Å². The van der Waals surface area contributed by atoms with Gasteiger partial charge in [-0.05, 0) is 60.6 Å². The van der Waals surface area contributed by atoms with E-state index in [1.165, 1.54) is 39.2 Å². The van der Waals surface area contributed by atoms with E-state index in [1.807, 2.05) is 12.3 Å². The third-order valence-electron chi connectivity index (χ3n) is 6.84. The molecule has 0 fully saturated rings. The van der Waals surface area contributed by atoms with Crippen LogP contribution in [0, 0.1) is 6.92 Å². The number of hydrogen-bond donors (Lipinski definition) is 4. The quantitative estimate of drug-likeness (QED) is 0.179. The number of aromatic nitrogens is 3. The number of para-hydroxylation sites is 1. The van der Waals surface area contributed by atoms with Crippen molar-refractivity contribution in [2.75, 3.05) is 6.54 Å². The van der Waals surface area contributed by atoms with Gasteiger partial charge in [-0.25, -0.2) is 5.48 Å². The number of rotatable bonds is 8. The number of carbonyl (C=O) groups excluding carboxylic acids is 1. The molecule has 0 radical (unpaired) electrons. The maximum atomic E-state index is 11.3. The predicted octanol–water partition coefficient (Wildman–Crippen LogP) is 4.45. The first-order valence-electron chi connectivity index (χ1n) is 11.6. The van der Waals surface area contributed by atoms with Crippen LogP contribution in [0.2, 0.25) is 0 Å². The second kappa shape index (κ2) is 9.67. The molecule has 4 N–H and O–H groups in total. The summed E-state index contributed by atoms with van der Waals surface area (Å²) in [5.41, 5.74) is 10.1. The lowest BCUT2D eigenvalue weighted by atomic mass is 10.0. The SMILES string of the molecule is Cc1[nH]ncc1CN(CCc1c[nH]c2ccccc12)C1CCc2cc(/C=C/C(=O)NO)ccc21. The third-order valence-corrected chi connectivity index (χ3v) is 6.84. The molecule has 174 valence electrons. The molecule has 1 aliphatic carbocycles. The normalized spacial score (nSPS) is 15.4. The van der Waals surface area contributed by atoms with E-state index in [0.717, 1.165) is 43.6 Å². The Hall–Kier alpha value is -3.68. The van der Waals surface area contributed by atoms with E-state index in [4.69, 9.17) is 5.21 Å². The minimum Gasteiger partial charge on any atom is -0.361 e. The summed E-state index contributed by atoms with van der Waals surface area (Å²) in [6, 6.07) is 15.2. The van der Waals surface area contributed by atoms with Crippen LogP contribution in [0.4, 0.5) is 0 Å². The van der Waals surface area contributed by atoms with Crippen LogP contribution in [0.25, 0.3) is 17.0 Å². The Morgan fingerprint density at radius 3 is 2.97 bits per heavy atom. The predicted molar refractivity (Wildman–Crippen MR) is 132 cm³/mol. The number of hydroxylamine groups is 1. The molecule has 0 saturated carbocycles. The lowest BCUT2D eigenvalue weighted by Gasteiger charge is -2.29.